The SMILES string of the molecule is CC(C)(C)c1cc(C(=O)Cl)c(O)c(C(C)(C)C)c1. The molecule has 0 saturated carbocycles. The van der Waals surface area contributed by atoms with Crippen molar-refractivity contribution in [2.75, 3.05) is 0 Å². The summed E-state index contributed by atoms with van der Waals surface area (Å²) in [6, 6.07) is 3.64. The predicted molar refractivity (Wildman–Crippen MR) is 75.7 cm³/mol. The third-order valence-corrected chi connectivity index (χ3v) is 3.20. The number of benzene rings is 1. The fourth-order valence-electron chi connectivity index (χ4n) is 1.79. The molecule has 0 bridgehead atoms. The first kappa shape index (κ1) is 15.0. The van der Waals surface area contributed by atoms with E-state index in [1.165, 1.54) is 0 Å². The molecule has 3 heteroatoms. The molecule has 0 heterocycles. The summed E-state index contributed by atoms with van der Waals surface area (Å²) >= 11 is 5.55. The fourth-order valence-corrected chi connectivity index (χ4v) is 1.93. The minimum atomic E-state index is -0.621. The van der Waals surface area contributed by atoms with Crippen LogP contribution in [0.1, 0.15) is 63.0 Å². The number of hydrogen-bond donors (Lipinski definition) is 1. The number of carbonyl (C=O) groups is 1. The van der Waals surface area contributed by atoms with Crippen LogP contribution in [0.25, 0.3) is 0 Å². The van der Waals surface area contributed by atoms with E-state index >= 15 is 0 Å². The lowest BCUT2D eigenvalue weighted by Gasteiger charge is -2.26. The Labute approximate surface area is 114 Å². The average Bonchev–Trinajstić information content (AvgIpc) is 2.13. The summed E-state index contributed by atoms with van der Waals surface area (Å²) in [5.41, 5.74) is 1.59. The Morgan fingerprint density at radius 1 is 1.06 bits per heavy atom. The molecular weight excluding hydrogens is 248 g/mol. The molecule has 100 valence electrons. The molecule has 1 aromatic rings. The second kappa shape index (κ2) is 4.58. The standard InChI is InChI=1S/C15H21ClO2/c1-14(2,3)9-7-10(13(16)18)12(17)11(8-9)15(4,5)6/h7-8,17H,1-6H3. The molecule has 2 nitrogen and oxygen atoms in total. The normalized spacial score (nSPS) is 12.6. The van der Waals surface area contributed by atoms with Gasteiger partial charge in [0.15, 0.2) is 0 Å². The van der Waals surface area contributed by atoms with Crippen LogP contribution in [0.2, 0.25) is 0 Å². The Hall–Kier alpha value is -1.02. The third kappa shape index (κ3) is 3.05. The number of halogens is 1. The Balaban J connectivity index is 3.63. The highest BCUT2D eigenvalue weighted by Crippen LogP contribution is 2.38. The summed E-state index contributed by atoms with van der Waals surface area (Å²) in [6.07, 6.45) is 0. The monoisotopic (exact) mass is 268 g/mol. The molecule has 0 spiro atoms. The van der Waals surface area contributed by atoms with Crippen molar-refractivity contribution in [1.29, 1.82) is 0 Å². The van der Waals surface area contributed by atoms with Crippen LogP contribution >= 0.6 is 11.6 Å². The Bertz CT molecular complexity index is 476. The average molecular weight is 269 g/mol. The summed E-state index contributed by atoms with van der Waals surface area (Å²) in [5.74, 6) is -0.00417. The van der Waals surface area contributed by atoms with E-state index in [2.05, 4.69) is 20.8 Å². The maximum atomic E-state index is 11.4. The van der Waals surface area contributed by atoms with Gasteiger partial charge in [-0.1, -0.05) is 47.6 Å². The van der Waals surface area contributed by atoms with Gasteiger partial charge in [-0.15, -0.1) is 0 Å². The van der Waals surface area contributed by atoms with Gasteiger partial charge in [0.25, 0.3) is 5.24 Å². The summed E-state index contributed by atoms with van der Waals surface area (Å²) in [7, 11) is 0. The van der Waals surface area contributed by atoms with E-state index in [1.807, 2.05) is 26.8 Å². The van der Waals surface area contributed by atoms with E-state index in [0.717, 1.165) is 11.1 Å². The van der Waals surface area contributed by atoms with Gasteiger partial charge in [0.1, 0.15) is 5.75 Å². The van der Waals surface area contributed by atoms with Gasteiger partial charge in [0, 0.05) is 5.56 Å². The maximum Gasteiger partial charge on any atom is 0.256 e. The molecule has 18 heavy (non-hydrogen) atoms. The second-order valence-electron chi connectivity index (χ2n) is 6.69. The van der Waals surface area contributed by atoms with Crippen molar-refractivity contribution in [2.45, 2.75) is 52.4 Å². The van der Waals surface area contributed by atoms with Gasteiger partial charge in [-0.3, -0.25) is 4.79 Å². The Morgan fingerprint density at radius 3 is 1.89 bits per heavy atom. The van der Waals surface area contributed by atoms with Crippen LogP contribution < -0.4 is 0 Å². The molecule has 0 aliphatic carbocycles. The van der Waals surface area contributed by atoms with Gasteiger partial charge in [-0.25, -0.2) is 0 Å². The van der Waals surface area contributed by atoms with Crippen LogP contribution in [0.5, 0.6) is 5.75 Å². The zero-order valence-electron chi connectivity index (χ0n) is 11.9. The fraction of sp³-hybridized carbons (Fsp3) is 0.533. The first-order valence-corrected chi connectivity index (χ1v) is 6.40. The van der Waals surface area contributed by atoms with Gasteiger partial charge in [-0.05, 0) is 34.1 Å². The molecule has 0 aliphatic rings. The van der Waals surface area contributed by atoms with Crippen molar-refractivity contribution in [2.24, 2.45) is 0 Å². The molecule has 0 saturated heterocycles. The first-order chi connectivity index (χ1) is 7.94. The highest BCUT2D eigenvalue weighted by molar-refractivity contribution is 6.68. The minimum absolute atomic E-state index is 0.00417. The lowest BCUT2D eigenvalue weighted by atomic mass is 9.79. The lowest BCUT2D eigenvalue weighted by Crippen LogP contribution is -2.18. The summed E-state index contributed by atoms with van der Waals surface area (Å²) < 4.78 is 0. The number of aromatic hydroxyl groups is 1. The molecule has 0 aliphatic heterocycles. The third-order valence-electron chi connectivity index (χ3n) is 3.00. The lowest BCUT2D eigenvalue weighted by molar-refractivity contribution is 0.107. The molecule has 0 radical (unpaired) electrons. The van der Waals surface area contributed by atoms with E-state index in [0.29, 0.717) is 0 Å². The molecular formula is C15H21ClO2. The van der Waals surface area contributed by atoms with Crippen molar-refractivity contribution in [1.82, 2.24) is 0 Å². The van der Waals surface area contributed by atoms with E-state index < -0.39 is 5.24 Å². The summed E-state index contributed by atoms with van der Waals surface area (Å²) in [4.78, 5) is 11.4. The van der Waals surface area contributed by atoms with Crippen molar-refractivity contribution < 1.29 is 9.90 Å². The van der Waals surface area contributed by atoms with Gasteiger partial charge >= 0.3 is 0 Å². The van der Waals surface area contributed by atoms with E-state index in [-0.39, 0.29) is 22.1 Å². The quantitative estimate of drug-likeness (QED) is 0.768. The second-order valence-corrected chi connectivity index (χ2v) is 7.04. The number of rotatable bonds is 1. The van der Waals surface area contributed by atoms with Crippen LogP contribution in [0, 0.1) is 0 Å². The molecule has 0 atom stereocenters. The molecule has 1 aromatic carbocycles. The first-order valence-electron chi connectivity index (χ1n) is 6.02. The smallest absolute Gasteiger partial charge is 0.256 e. The van der Waals surface area contributed by atoms with Gasteiger partial charge in [0.05, 0.1) is 5.56 Å². The van der Waals surface area contributed by atoms with Crippen LogP contribution in [-0.4, -0.2) is 10.3 Å². The zero-order chi connectivity index (χ0) is 14.3. The van der Waals surface area contributed by atoms with Crippen LogP contribution in [0.4, 0.5) is 0 Å². The Morgan fingerprint density at radius 2 is 1.56 bits per heavy atom. The zero-order valence-corrected chi connectivity index (χ0v) is 12.6. The predicted octanol–water partition coefficient (Wildman–Crippen LogP) is 4.37. The highest BCUT2D eigenvalue weighted by atomic mass is 35.5. The van der Waals surface area contributed by atoms with Gasteiger partial charge < -0.3 is 5.11 Å². The molecule has 0 unspecified atom stereocenters. The topological polar surface area (TPSA) is 37.3 Å². The summed E-state index contributed by atoms with van der Waals surface area (Å²) in [5, 5.41) is 9.56. The Kier molecular flexibility index (Phi) is 3.83. The highest BCUT2D eigenvalue weighted by Gasteiger charge is 2.26. The van der Waals surface area contributed by atoms with Crippen molar-refractivity contribution in [3.05, 3.63) is 28.8 Å². The molecule has 0 fully saturated rings. The molecule has 0 amide bonds. The maximum absolute atomic E-state index is 11.4. The largest absolute Gasteiger partial charge is 0.507 e. The number of phenols is 1. The molecule has 1 rings (SSSR count). The van der Waals surface area contributed by atoms with E-state index in [4.69, 9.17) is 11.6 Å². The van der Waals surface area contributed by atoms with Crippen molar-refractivity contribution >= 4 is 16.8 Å². The van der Waals surface area contributed by atoms with Crippen LogP contribution in [0.15, 0.2) is 12.1 Å². The van der Waals surface area contributed by atoms with E-state index in [9.17, 15) is 9.90 Å². The van der Waals surface area contributed by atoms with Crippen molar-refractivity contribution in [3.63, 3.8) is 0 Å². The number of hydrogen-bond acceptors (Lipinski definition) is 2. The van der Waals surface area contributed by atoms with E-state index in [1.54, 1.807) is 6.07 Å². The van der Waals surface area contributed by atoms with Crippen LogP contribution in [-0.2, 0) is 10.8 Å². The number of phenolic OH excluding ortho intramolecular Hbond substituents is 1. The number of carbonyl (C=O) groups excluding carboxylic acids is 1. The molecule has 0 aromatic heterocycles. The summed E-state index contributed by atoms with van der Waals surface area (Å²) in [6.45, 7) is 12.2. The van der Waals surface area contributed by atoms with Crippen LogP contribution in [0.3, 0.4) is 0 Å². The van der Waals surface area contributed by atoms with Gasteiger partial charge in [-0.2, -0.15) is 0 Å². The molecule has 1 N–H and O–H groups in total. The van der Waals surface area contributed by atoms with Gasteiger partial charge in [0.2, 0.25) is 0 Å². The minimum Gasteiger partial charge on any atom is -0.507 e. The van der Waals surface area contributed by atoms with Crippen molar-refractivity contribution in [3.8, 4) is 5.75 Å².